The van der Waals surface area contributed by atoms with Crippen LogP contribution < -0.4 is 5.32 Å². The van der Waals surface area contributed by atoms with Crippen molar-refractivity contribution in [1.29, 1.82) is 0 Å². The second-order valence-electron chi connectivity index (χ2n) is 5.06. The number of carbonyl (C=O) groups excluding carboxylic acids is 1. The first kappa shape index (κ1) is 13.3. The van der Waals surface area contributed by atoms with Gasteiger partial charge in [0.25, 0.3) is 0 Å². The van der Waals surface area contributed by atoms with Crippen molar-refractivity contribution in [3.8, 4) is 0 Å². The third kappa shape index (κ3) is 2.48. The van der Waals surface area contributed by atoms with Gasteiger partial charge in [0.2, 0.25) is 5.60 Å². The fourth-order valence-electron chi connectivity index (χ4n) is 1.39. The number of esters is 1. The van der Waals surface area contributed by atoms with Crippen molar-refractivity contribution in [3.63, 3.8) is 0 Å². The minimum absolute atomic E-state index is 0.205. The Balaban J connectivity index is 2.86. The van der Waals surface area contributed by atoms with Crippen molar-refractivity contribution in [2.24, 2.45) is 5.41 Å². The number of rotatable bonds is 1. The van der Waals surface area contributed by atoms with Gasteiger partial charge in [-0.1, -0.05) is 0 Å². The molecule has 1 unspecified atom stereocenters. The molecule has 0 radical (unpaired) electrons. The van der Waals surface area contributed by atoms with Gasteiger partial charge in [0.1, 0.15) is 0 Å². The number of ether oxygens (including phenoxy) is 1. The summed E-state index contributed by atoms with van der Waals surface area (Å²) < 4.78 is 43.2. The monoisotopic (exact) mass is 239 g/mol. The topological polar surface area (TPSA) is 38.3 Å². The number of hydrogen-bond acceptors (Lipinski definition) is 3. The Morgan fingerprint density at radius 3 is 2.19 bits per heavy atom. The number of halogens is 3. The molecule has 0 saturated carbocycles. The minimum Gasteiger partial charge on any atom is -0.448 e. The van der Waals surface area contributed by atoms with Crippen LogP contribution in [0, 0.1) is 5.41 Å². The van der Waals surface area contributed by atoms with Gasteiger partial charge in [0, 0.05) is 13.0 Å². The molecule has 0 amide bonds. The SMILES string of the molecule is CC(C)(C)C(=O)OC1(C(F)(F)F)CCNC1. The highest BCUT2D eigenvalue weighted by atomic mass is 19.4. The Morgan fingerprint density at radius 2 is 1.88 bits per heavy atom. The van der Waals surface area contributed by atoms with E-state index in [1.807, 2.05) is 0 Å². The van der Waals surface area contributed by atoms with Crippen LogP contribution in [0.15, 0.2) is 0 Å². The molecule has 0 aromatic rings. The summed E-state index contributed by atoms with van der Waals surface area (Å²) in [7, 11) is 0. The number of nitrogens with one attached hydrogen (secondary N) is 1. The first-order valence-electron chi connectivity index (χ1n) is 5.09. The fourth-order valence-corrected chi connectivity index (χ4v) is 1.39. The molecule has 3 nitrogen and oxygen atoms in total. The third-order valence-electron chi connectivity index (χ3n) is 2.53. The zero-order valence-electron chi connectivity index (χ0n) is 9.57. The zero-order valence-corrected chi connectivity index (χ0v) is 9.57. The standard InChI is InChI=1S/C10H16F3NO2/c1-8(2,3)7(15)16-9(10(11,12)13)4-5-14-6-9/h14H,4-6H2,1-3H3. The third-order valence-corrected chi connectivity index (χ3v) is 2.53. The van der Waals surface area contributed by atoms with Gasteiger partial charge in [0.05, 0.1) is 5.41 Å². The molecular formula is C10H16F3NO2. The summed E-state index contributed by atoms with van der Waals surface area (Å²) in [4.78, 5) is 11.5. The van der Waals surface area contributed by atoms with Crippen LogP contribution in [-0.4, -0.2) is 30.8 Å². The van der Waals surface area contributed by atoms with E-state index in [4.69, 9.17) is 4.74 Å². The van der Waals surface area contributed by atoms with Gasteiger partial charge < -0.3 is 10.1 Å². The summed E-state index contributed by atoms with van der Waals surface area (Å²) in [6.45, 7) is 4.43. The Labute approximate surface area is 92.3 Å². The molecule has 94 valence electrons. The zero-order chi connectivity index (χ0) is 12.6. The minimum atomic E-state index is -4.53. The molecular weight excluding hydrogens is 223 g/mol. The van der Waals surface area contributed by atoms with Crippen molar-refractivity contribution < 1.29 is 22.7 Å². The average Bonchev–Trinajstić information content (AvgIpc) is 2.50. The lowest BCUT2D eigenvalue weighted by Gasteiger charge is -2.33. The first-order valence-corrected chi connectivity index (χ1v) is 5.09. The lowest BCUT2D eigenvalue weighted by molar-refractivity contribution is -0.266. The van der Waals surface area contributed by atoms with Crippen LogP contribution in [0.1, 0.15) is 27.2 Å². The van der Waals surface area contributed by atoms with Gasteiger partial charge in [-0.25, -0.2) is 0 Å². The smallest absolute Gasteiger partial charge is 0.429 e. The van der Waals surface area contributed by atoms with Crippen molar-refractivity contribution in [1.82, 2.24) is 5.32 Å². The Morgan fingerprint density at radius 1 is 1.31 bits per heavy atom. The molecule has 0 spiro atoms. The van der Waals surface area contributed by atoms with Gasteiger partial charge >= 0.3 is 12.1 Å². The molecule has 1 fully saturated rings. The summed E-state index contributed by atoms with van der Waals surface area (Å²) in [6, 6.07) is 0. The Hall–Kier alpha value is -0.780. The highest BCUT2D eigenvalue weighted by Crippen LogP contribution is 2.39. The average molecular weight is 239 g/mol. The van der Waals surface area contributed by atoms with Crippen LogP contribution in [0.3, 0.4) is 0 Å². The maximum absolute atomic E-state index is 12.8. The molecule has 1 aliphatic heterocycles. The maximum Gasteiger partial charge on any atom is 0.429 e. The van der Waals surface area contributed by atoms with Gasteiger partial charge in [-0.3, -0.25) is 4.79 Å². The van der Waals surface area contributed by atoms with Crippen molar-refractivity contribution in [3.05, 3.63) is 0 Å². The number of carbonyl (C=O) groups is 1. The van der Waals surface area contributed by atoms with E-state index >= 15 is 0 Å². The number of alkyl halides is 3. The summed E-state index contributed by atoms with van der Waals surface area (Å²) in [5, 5.41) is 2.58. The molecule has 1 heterocycles. The summed E-state index contributed by atoms with van der Waals surface area (Å²) in [5.41, 5.74) is -3.28. The molecule has 16 heavy (non-hydrogen) atoms. The van der Waals surface area contributed by atoms with Crippen molar-refractivity contribution >= 4 is 5.97 Å². The predicted molar refractivity (Wildman–Crippen MR) is 51.8 cm³/mol. The van der Waals surface area contributed by atoms with Crippen molar-refractivity contribution in [2.75, 3.05) is 13.1 Å². The fraction of sp³-hybridized carbons (Fsp3) is 0.900. The van der Waals surface area contributed by atoms with Gasteiger partial charge in [-0.2, -0.15) is 13.2 Å². The van der Waals surface area contributed by atoms with Crippen LogP contribution in [-0.2, 0) is 9.53 Å². The lowest BCUT2D eigenvalue weighted by Crippen LogP contribution is -2.52. The molecule has 1 atom stereocenters. The second-order valence-corrected chi connectivity index (χ2v) is 5.06. The maximum atomic E-state index is 12.8. The molecule has 0 bridgehead atoms. The van der Waals surface area contributed by atoms with Crippen LogP contribution in [0.5, 0.6) is 0 Å². The number of hydrogen-bond donors (Lipinski definition) is 1. The molecule has 0 aliphatic carbocycles. The predicted octanol–water partition coefficient (Wildman–Crippen LogP) is 1.87. The first-order chi connectivity index (χ1) is 7.08. The van der Waals surface area contributed by atoms with E-state index < -0.39 is 23.2 Å². The van der Waals surface area contributed by atoms with E-state index in [0.29, 0.717) is 0 Å². The van der Waals surface area contributed by atoms with Crippen LogP contribution in [0.25, 0.3) is 0 Å². The Bertz CT molecular complexity index is 275. The molecule has 1 saturated heterocycles. The second kappa shape index (κ2) is 3.91. The molecule has 0 aromatic heterocycles. The van der Waals surface area contributed by atoms with Crippen molar-refractivity contribution in [2.45, 2.75) is 39.0 Å². The van der Waals surface area contributed by atoms with Gasteiger partial charge in [-0.05, 0) is 27.3 Å². The van der Waals surface area contributed by atoms with E-state index in [9.17, 15) is 18.0 Å². The summed E-state index contributed by atoms with van der Waals surface area (Å²) in [5.74, 6) is -0.825. The summed E-state index contributed by atoms with van der Waals surface area (Å²) >= 11 is 0. The molecule has 1 aliphatic rings. The highest BCUT2D eigenvalue weighted by molar-refractivity contribution is 5.76. The van der Waals surface area contributed by atoms with E-state index in [0.717, 1.165) is 0 Å². The largest absolute Gasteiger partial charge is 0.448 e. The molecule has 0 aromatic carbocycles. The van der Waals surface area contributed by atoms with Crippen LogP contribution >= 0.6 is 0 Å². The normalized spacial score (nSPS) is 26.9. The van der Waals surface area contributed by atoms with E-state index in [1.54, 1.807) is 0 Å². The van der Waals surface area contributed by atoms with Gasteiger partial charge in [0.15, 0.2) is 0 Å². The lowest BCUT2D eigenvalue weighted by atomic mass is 9.95. The van der Waals surface area contributed by atoms with Gasteiger partial charge in [-0.15, -0.1) is 0 Å². The summed E-state index contributed by atoms with van der Waals surface area (Å²) in [6.07, 6.45) is -4.75. The molecule has 1 N–H and O–H groups in total. The van der Waals surface area contributed by atoms with Crippen LogP contribution in [0.2, 0.25) is 0 Å². The van der Waals surface area contributed by atoms with E-state index in [-0.39, 0.29) is 19.5 Å². The quantitative estimate of drug-likeness (QED) is 0.710. The molecule has 6 heteroatoms. The van der Waals surface area contributed by atoms with E-state index in [1.165, 1.54) is 20.8 Å². The van der Waals surface area contributed by atoms with Crippen LogP contribution in [0.4, 0.5) is 13.2 Å². The van der Waals surface area contributed by atoms with E-state index in [2.05, 4.69) is 5.32 Å². The Kier molecular flexibility index (Phi) is 3.24. The molecule has 1 rings (SSSR count). The highest BCUT2D eigenvalue weighted by Gasteiger charge is 2.60.